The minimum Gasteiger partial charge on any atom is -0.361 e. The molecule has 3 nitrogen and oxygen atoms in total. The average Bonchev–Trinajstić information content (AvgIpc) is 3.17. The highest BCUT2D eigenvalue weighted by molar-refractivity contribution is 5.86. The molecule has 0 N–H and O–H groups in total. The Morgan fingerprint density at radius 3 is 2.50 bits per heavy atom. The Balaban J connectivity index is 1.85. The molecule has 0 amide bonds. The quantitative estimate of drug-likeness (QED) is 0.498. The topological polar surface area (TPSA) is 31.0 Å². The number of hydrogen-bond acceptors (Lipinski definition) is 2. The molecule has 0 bridgehead atoms. The third-order valence-electron chi connectivity index (χ3n) is 4.74. The van der Waals surface area contributed by atoms with Crippen LogP contribution in [0.4, 0.5) is 0 Å². The molecule has 2 aromatic heterocycles. The van der Waals surface area contributed by atoms with E-state index in [1.165, 1.54) is 16.5 Å². The third kappa shape index (κ3) is 2.33. The summed E-state index contributed by atoms with van der Waals surface area (Å²) in [7, 11) is 0. The third-order valence-corrected chi connectivity index (χ3v) is 4.74. The zero-order valence-corrected chi connectivity index (χ0v) is 14.2. The van der Waals surface area contributed by atoms with Crippen molar-refractivity contribution in [3.63, 3.8) is 0 Å². The minimum atomic E-state index is 0.281. The Kier molecular flexibility index (Phi) is 3.49. The van der Waals surface area contributed by atoms with Crippen LogP contribution in [-0.2, 0) is 0 Å². The lowest BCUT2D eigenvalue weighted by Gasteiger charge is -2.16. The first-order valence-corrected chi connectivity index (χ1v) is 8.24. The monoisotopic (exact) mass is 316 g/mol. The molecular formula is C21H20N2O. The number of aryl methyl sites for hydroxylation is 2. The van der Waals surface area contributed by atoms with Crippen molar-refractivity contribution in [1.29, 1.82) is 0 Å². The van der Waals surface area contributed by atoms with Crippen LogP contribution >= 0.6 is 0 Å². The lowest BCUT2D eigenvalue weighted by Crippen LogP contribution is -2.05. The molecule has 120 valence electrons. The molecule has 0 radical (unpaired) electrons. The number of benzene rings is 2. The van der Waals surface area contributed by atoms with Gasteiger partial charge < -0.3 is 9.09 Å². The van der Waals surface area contributed by atoms with E-state index in [1.807, 2.05) is 13.8 Å². The van der Waals surface area contributed by atoms with Gasteiger partial charge in [-0.2, -0.15) is 0 Å². The largest absolute Gasteiger partial charge is 0.361 e. The van der Waals surface area contributed by atoms with Crippen LogP contribution in [-0.4, -0.2) is 9.72 Å². The van der Waals surface area contributed by atoms with Gasteiger partial charge in [0, 0.05) is 17.3 Å². The summed E-state index contributed by atoms with van der Waals surface area (Å²) in [5.74, 6) is 0.862. The Morgan fingerprint density at radius 2 is 1.79 bits per heavy atom. The van der Waals surface area contributed by atoms with Crippen molar-refractivity contribution in [1.82, 2.24) is 9.72 Å². The van der Waals surface area contributed by atoms with E-state index < -0.39 is 0 Å². The van der Waals surface area contributed by atoms with Gasteiger partial charge in [0.1, 0.15) is 5.76 Å². The molecule has 0 saturated heterocycles. The molecular weight excluding hydrogens is 296 g/mol. The van der Waals surface area contributed by atoms with E-state index in [0.717, 1.165) is 22.6 Å². The molecule has 3 heteroatoms. The van der Waals surface area contributed by atoms with Gasteiger partial charge in [-0.15, -0.1) is 0 Å². The fourth-order valence-electron chi connectivity index (χ4n) is 3.43. The first kappa shape index (κ1) is 14.8. The van der Waals surface area contributed by atoms with Gasteiger partial charge in [-0.25, -0.2) is 0 Å². The number of aromatic nitrogens is 2. The molecule has 0 saturated carbocycles. The first-order chi connectivity index (χ1) is 11.6. The summed E-state index contributed by atoms with van der Waals surface area (Å²) in [5, 5.41) is 5.33. The van der Waals surface area contributed by atoms with Crippen LogP contribution in [0.1, 0.15) is 30.0 Å². The zero-order valence-electron chi connectivity index (χ0n) is 14.2. The van der Waals surface area contributed by atoms with Crippen LogP contribution in [0.25, 0.3) is 22.0 Å². The van der Waals surface area contributed by atoms with Gasteiger partial charge in [-0.3, -0.25) is 0 Å². The van der Waals surface area contributed by atoms with Crippen molar-refractivity contribution in [2.45, 2.75) is 26.8 Å². The van der Waals surface area contributed by atoms with Gasteiger partial charge in [0.05, 0.1) is 11.7 Å². The van der Waals surface area contributed by atoms with Crippen molar-refractivity contribution in [2.24, 2.45) is 0 Å². The molecule has 0 fully saturated rings. The summed E-state index contributed by atoms with van der Waals surface area (Å²) in [6, 6.07) is 19.6. The highest BCUT2D eigenvalue weighted by Gasteiger charge is 2.15. The van der Waals surface area contributed by atoms with Crippen molar-refractivity contribution < 1.29 is 4.52 Å². The van der Waals surface area contributed by atoms with Crippen molar-refractivity contribution >= 4 is 10.9 Å². The van der Waals surface area contributed by atoms with Crippen LogP contribution in [0.15, 0.2) is 65.3 Å². The predicted octanol–water partition coefficient (Wildman–Crippen LogP) is 5.52. The average molecular weight is 316 g/mol. The van der Waals surface area contributed by atoms with Crippen molar-refractivity contribution in [3.05, 3.63) is 77.8 Å². The van der Waals surface area contributed by atoms with E-state index in [0.29, 0.717) is 0 Å². The number of hydrogen-bond donors (Lipinski definition) is 0. The Bertz CT molecular complexity index is 976. The molecule has 24 heavy (non-hydrogen) atoms. The van der Waals surface area contributed by atoms with Crippen LogP contribution in [0.5, 0.6) is 0 Å². The minimum absolute atomic E-state index is 0.281. The molecule has 0 aliphatic carbocycles. The molecule has 2 aromatic carbocycles. The van der Waals surface area contributed by atoms with Crippen LogP contribution < -0.4 is 0 Å². The standard InChI is InChI=1S/C21H20N2O/c1-14-21(16(3)24-22-14)19-10-9-18-11-12-23(20(18)13-19)15(2)17-7-5-4-6-8-17/h4-13,15H,1-3H3. The van der Waals surface area contributed by atoms with E-state index >= 15 is 0 Å². The van der Waals surface area contributed by atoms with Gasteiger partial charge in [0.15, 0.2) is 0 Å². The van der Waals surface area contributed by atoms with E-state index in [-0.39, 0.29) is 6.04 Å². The van der Waals surface area contributed by atoms with Crippen molar-refractivity contribution in [3.8, 4) is 11.1 Å². The highest BCUT2D eigenvalue weighted by atomic mass is 16.5. The van der Waals surface area contributed by atoms with Crippen molar-refractivity contribution in [2.75, 3.05) is 0 Å². The molecule has 0 spiro atoms. The molecule has 4 aromatic rings. The maximum Gasteiger partial charge on any atom is 0.141 e. The van der Waals surface area contributed by atoms with Crippen LogP contribution in [0, 0.1) is 13.8 Å². The fraction of sp³-hybridized carbons (Fsp3) is 0.190. The lowest BCUT2D eigenvalue weighted by atomic mass is 10.0. The molecule has 4 rings (SSSR count). The number of fused-ring (bicyclic) bond motifs is 1. The summed E-state index contributed by atoms with van der Waals surface area (Å²) in [6.45, 7) is 6.18. The van der Waals surface area contributed by atoms with E-state index in [9.17, 15) is 0 Å². The van der Waals surface area contributed by atoms with Gasteiger partial charge in [0.25, 0.3) is 0 Å². The van der Waals surface area contributed by atoms with Crippen LogP contribution in [0.2, 0.25) is 0 Å². The smallest absolute Gasteiger partial charge is 0.141 e. The number of nitrogens with zero attached hydrogens (tertiary/aromatic N) is 2. The van der Waals surface area contributed by atoms with E-state index in [1.54, 1.807) is 0 Å². The second-order valence-corrected chi connectivity index (χ2v) is 6.28. The Hall–Kier alpha value is -2.81. The van der Waals surface area contributed by atoms with Gasteiger partial charge in [-0.05, 0) is 49.4 Å². The fourth-order valence-corrected chi connectivity index (χ4v) is 3.43. The Labute approximate surface area is 141 Å². The Morgan fingerprint density at radius 1 is 1.00 bits per heavy atom. The number of rotatable bonds is 3. The van der Waals surface area contributed by atoms with E-state index in [4.69, 9.17) is 4.52 Å². The molecule has 0 aliphatic heterocycles. The summed E-state index contributed by atoms with van der Waals surface area (Å²) in [4.78, 5) is 0. The van der Waals surface area contributed by atoms with Gasteiger partial charge in [0.2, 0.25) is 0 Å². The summed E-state index contributed by atoms with van der Waals surface area (Å²) < 4.78 is 7.66. The lowest BCUT2D eigenvalue weighted by molar-refractivity contribution is 0.393. The summed E-state index contributed by atoms with van der Waals surface area (Å²) in [5.41, 5.74) is 5.71. The second-order valence-electron chi connectivity index (χ2n) is 6.28. The predicted molar refractivity (Wildman–Crippen MR) is 97.2 cm³/mol. The first-order valence-electron chi connectivity index (χ1n) is 8.24. The van der Waals surface area contributed by atoms with Gasteiger partial charge >= 0.3 is 0 Å². The second kappa shape index (κ2) is 5.68. The molecule has 0 aliphatic rings. The van der Waals surface area contributed by atoms with Crippen LogP contribution in [0.3, 0.4) is 0 Å². The molecule has 1 atom stereocenters. The normalized spacial score (nSPS) is 12.6. The SMILES string of the molecule is Cc1noc(C)c1-c1ccc2ccn(C(C)c3ccccc3)c2c1. The highest BCUT2D eigenvalue weighted by Crippen LogP contribution is 2.32. The summed E-state index contributed by atoms with van der Waals surface area (Å²) >= 11 is 0. The summed E-state index contributed by atoms with van der Waals surface area (Å²) in [6.07, 6.45) is 2.17. The molecule has 2 heterocycles. The maximum absolute atomic E-state index is 5.33. The van der Waals surface area contributed by atoms with E-state index in [2.05, 4.69) is 77.4 Å². The van der Waals surface area contributed by atoms with Gasteiger partial charge in [-0.1, -0.05) is 47.6 Å². The zero-order chi connectivity index (χ0) is 16.7. The molecule has 1 unspecified atom stereocenters. The maximum atomic E-state index is 5.33.